The van der Waals surface area contributed by atoms with Crippen LogP contribution in [0.4, 0.5) is 5.13 Å². The number of anilines is 1. The van der Waals surface area contributed by atoms with E-state index < -0.39 is 0 Å². The second kappa shape index (κ2) is 14.0. The predicted octanol–water partition coefficient (Wildman–Crippen LogP) is 7.31. The van der Waals surface area contributed by atoms with E-state index in [4.69, 9.17) is 0 Å². The summed E-state index contributed by atoms with van der Waals surface area (Å²) in [6.07, 6.45) is 6.78. The number of aromatic nitrogens is 2. The van der Waals surface area contributed by atoms with Crippen LogP contribution >= 0.6 is 23.1 Å². The van der Waals surface area contributed by atoms with Crippen LogP contribution in [-0.4, -0.2) is 33.9 Å². The third kappa shape index (κ3) is 8.22. The molecule has 7 heteroatoms. The number of hydrogen-bond acceptors (Lipinski definition) is 6. The summed E-state index contributed by atoms with van der Waals surface area (Å²) < 4.78 is 1.03. The first kappa shape index (κ1) is 27.0. The first-order chi connectivity index (χ1) is 17.0. The lowest BCUT2D eigenvalue weighted by molar-refractivity contribution is -0.116. The molecule has 1 amide bonds. The molecule has 5 nitrogen and oxygen atoms in total. The van der Waals surface area contributed by atoms with Crippen molar-refractivity contribution in [1.29, 1.82) is 0 Å². The fraction of sp³-hybridized carbons (Fsp3) is 0.393. The zero-order valence-electron chi connectivity index (χ0n) is 21.0. The van der Waals surface area contributed by atoms with E-state index in [0.717, 1.165) is 69.9 Å². The number of carbonyl (C=O) groups is 1. The fourth-order valence-electron chi connectivity index (χ4n) is 3.58. The Balaban J connectivity index is 1.73. The minimum atomic E-state index is 0.0352. The number of pyridine rings is 1. The number of amides is 1. The third-order valence-corrected chi connectivity index (χ3v) is 7.61. The smallest absolute Gasteiger partial charge is 0.226 e. The largest absolute Gasteiger partial charge is 0.390 e. The van der Waals surface area contributed by atoms with Gasteiger partial charge in [0.25, 0.3) is 0 Å². The van der Waals surface area contributed by atoms with Crippen molar-refractivity contribution in [1.82, 2.24) is 15.3 Å². The zero-order valence-corrected chi connectivity index (χ0v) is 22.7. The Bertz CT molecular complexity index is 1170. The highest BCUT2D eigenvalue weighted by Crippen LogP contribution is 2.33. The van der Waals surface area contributed by atoms with Crippen LogP contribution in [0.1, 0.15) is 62.9 Å². The van der Waals surface area contributed by atoms with Crippen molar-refractivity contribution in [2.24, 2.45) is 0 Å². The Labute approximate surface area is 217 Å². The highest BCUT2D eigenvalue weighted by atomic mass is 32.2. The molecule has 0 atom stereocenters. The number of carbonyl (C=O) groups excluding carboxylic acids is 1. The van der Waals surface area contributed by atoms with E-state index in [1.807, 2.05) is 49.2 Å². The molecule has 0 spiro atoms. The zero-order chi connectivity index (χ0) is 25.0. The van der Waals surface area contributed by atoms with Gasteiger partial charge in [0, 0.05) is 36.0 Å². The minimum Gasteiger partial charge on any atom is -0.390 e. The van der Waals surface area contributed by atoms with Gasteiger partial charge in [0.1, 0.15) is 0 Å². The molecule has 0 aliphatic rings. The van der Waals surface area contributed by atoms with Crippen LogP contribution in [0.2, 0.25) is 0 Å². The third-order valence-electron chi connectivity index (χ3n) is 5.40. The van der Waals surface area contributed by atoms with Gasteiger partial charge in [0.15, 0.2) is 5.13 Å². The number of aryl methyl sites for hydroxylation is 1. The molecular weight excluding hydrogens is 472 g/mol. The number of unbranched alkanes of at least 4 members (excludes halogenated alkanes) is 1. The maximum absolute atomic E-state index is 12.4. The Morgan fingerprint density at radius 1 is 1.11 bits per heavy atom. The lowest BCUT2D eigenvalue weighted by Crippen LogP contribution is -2.10. The summed E-state index contributed by atoms with van der Waals surface area (Å²) in [6.45, 7) is 11.6. The number of rotatable bonds is 14. The highest BCUT2D eigenvalue weighted by Gasteiger charge is 2.13. The average Bonchev–Trinajstić information content (AvgIpc) is 3.25. The van der Waals surface area contributed by atoms with Gasteiger partial charge in [-0.2, -0.15) is 11.8 Å². The molecule has 0 radical (unpaired) electrons. The second-order valence-electron chi connectivity index (χ2n) is 8.47. The van der Waals surface area contributed by atoms with Crippen LogP contribution in [0.25, 0.3) is 21.4 Å². The van der Waals surface area contributed by atoms with Crippen molar-refractivity contribution in [3.8, 4) is 0 Å². The van der Waals surface area contributed by atoms with E-state index in [0.29, 0.717) is 11.6 Å². The standard InChI is InChI=1S/C28H36N4OS2/c1-5-15-29-19-23(21(4)24-11-9-10-20(3)30-24)22-13-14-25-26(18-22)35-28(31-25)32-27(33)12-7-8-17-34-16-6-2/h9-11,13-14,18-19,29H,4-8,12,15-17H2,1-3H3,(H,31,32,33)/b23-19+. The van der Waals surface area contributed by atoms with Crippen molar-refractivity contribution in [2.45, 2.75) is 52.9 Å². The molecule has 1 aromatic carbocycles. The summed E-state index contributed by atoms with van der Waals surface area (Å²) in [5, 5.41) is 7.03. The van der Waals surface area contributed by atoms with E-state index >= 15 is 0 Å². The van der Waals surface area contributed by atoms with Crippen LogP contribution in [0.3, 0.4) is 0 Å². The van der Waals surface area contributed by atoms with Crippen molar-refractivity contribution >= 4 is 55.5 Å². The summed E-state index contributed by atoms with van der Waals surface area (Å²) in [7, 11) is 0. The molecule has 0 aliphatic heterocycles. The highest BCUT2D eigenvalue weighted by molar-refractivity contribution is 7.99. The Hall–Kier alpha value is -2.64. The Morgan fingerprint density at radius 2 is 1.97 bits per heavy atom. The lowest BCUT2D eigenvalue weighted by atomic mass is 9.97. The van der Waals surface area contributed by atoms with Crippen LogP contribution in [0.5, 0.6) is 0 Å². The Kier molecular flexibility index (Phi) is 10.8. The number of nitrogens with zero attached hydrogens (tertiary/aromatic N) is 2. The quantitative estimate of drug-likeness (QED) is 0.177. The summed E-state index contributed by atoms with van der Waals surface area (Å²) in [5.41, 5.74) is 5.61. The molecule has 0 saturated carbocycles. The van der Waals surface area contributed by atoms with E-state index in [1.54, 1.807) is 0 Å². The van der Waals surface area contributed by atoms with Gasteiger partial charge in [-0.1, -0.05) is 43.9 Å². The molecule has 2 aromatic heterocycles. The second-order valence-corrected chi connectivity index (χ2v) is 10.7. The molecule has 186 valence electrons. The number of thiazole rings is 1. The first-order valence-corrected chi connectivity index (χ1v) is 14.3. The fourth-order valence-corrected chi connectivity index (χ4v) is 5.40. The van der Waals surface area contributed by atoms with E-state index in [-0.39, 0.29) is 5.91 Å². The number of fused-ring (bicyclic) bond motifs is 1. The SMILES string of the molecule is C=C(/C(=C\NCCC)c1ccc2nc(NC(=O)CCCCSCCC)sc2c1)c1cccc(C)n1. The molecule has 0 unspecified atom stereocenters. The van der Waals surface area contributed by atoms with E-state index in [1.165, 1.54) is 23.5 Å². The topological polar surface area (TPSA) is 66.9 Å². The minimum absolute atomic E-state index is 0.0352. The van der Waals surface area contributed by atoms with Gasteiger partial charge >= 0.3 is 0 Å². The Morgan fingerprint density at radius 3 is 2.74 bits per heavy atom. The average molecular weight is 509 g/mol. The first-order valence-electron chi connectivity index (χ1n) is 12.4. The van der Waals surface area contributed by atoms with Crippen LogP contribution in [-0.2, 0) is 4.79 Å². The number of allylic oxidation sites excluding steroid dienone is 2. The molecule has 0 aliphatic carbocycles. The lowest BCUT2D eigenvalue weighted by Gasteiger charge is -2.13. The molecule has 35 heavy (non-hydrogen) atoms. The number of benzene rings is 1. The predicted molar refractivity (Wildman–Crippen MR) is 154 cm³/mol. The normalized spacial score (nSPS) is 11.6. The van der Waals surface area contributed by atoms with Crippen LogP contribution in [0.15, 0.2) is 49.2 Å². The molecule has 0 fully saturated rings. The van der Waals surface area contributed by atoms with Gasteiger partial charge in [-0.25, -0.2) is 4.98 Å². The van der Waals surface area contributed by atoms with Gasteiger partial charge in [0.05, 0.1) is 15.9 Å². The molecule has 2 N–H and O–H groups in total. The van der Waals surface area contributed by atoms with Gasteiger partial charge in [-0.3, -0.25) is 9.78 Å². The summed E-state index contributed by atoms with van der Waals surface area (Å²) in [4.78, 5) is 21.7. The molecule has 0 bridgehead atoms. The van der Waals surface area contributed by atoms with Crippen LogP contribution in [0, 0.1) is 6.92 Å². The van der Waals surface area contributed by atoms with Crippen molar-refractivity contribution in [3.63, 3.8) is 0 Å². The number of thioether (sulfide) groups is 1. The van der Waals surface area contributed by atoms with Crippen molar-refractivity contribution in [3.05, 3.63) is 66.1 Å². The van der Waals surface area contributed by atoms with Gasteiger partial charge < -0.3 is 10.6 Å². The van der Waals surface area contributed by atoms with E-state index in [9.17, 15) is 4.79 Å². The van der Waals surface area contributed by atoms with Crippen LogP contribution < -0.4 is 10.6 Å². The monoisotopic (exact) mass is 508 g/mol. The summed E-state index contributed by atoms with van der Waals surface area (Å²) in [6, 6.07) is 12.2. The van der Waals surface area contributed by atoms with Gasteiger partial charge in [0.2, 0.25) is 5.91 Å². The number of hydrogen-bond donors (Lipinski definition) is 2. The molecular formula is C28H36N4OS2. The summed E-state index contributed by atoms with van der Waals surface area (Å²) >= 11 is 3.47. The molecule has 2 heterocycles. The maximum Gasteiger partial charge on any atom is 0.226 e. The van der Waals surface area contributed by atoms with Gasteiger partial charge in [-0.15, -0.1) is 0 Å². The van der Waals surface area contributed by atoms with Crippen molar-refractivity contribution in [2.75, 3.05) is 23.4 Å². The van der Waals surface area contributed by atoms with Gasteiger partial charge in [-0.05, 0) is 73.9 Å². The molecule has 0 saturated heterocycles. The van der Waals surface area contributed by atoms with Crippen molar-refractivity contribution < 1.29 is 4.79 Å². The summed E-state index contributed by atoms with van der Waals surface area (Å²) in [5.74, 6) is 2.35. The van der Waals surface area contributed by atoms with E-state index in [2.05, 4.69) is 53.2 Å². The number of nitrogens with one attached hydrogen (secondary N) is 2. The molecule has 3 rings (SSSR count). The maximum atomic E-state index is 12.4. The molecule has 3 aromatic rings.